The van der Waals surface area contributed by atoms with E-state index in [1.807, 2.05) is 5.01 Å². The highest BCUT2D eigenvalue weighted by Gasteiger charge is 2.37. The first-order valence-corrected chi connectivity index (χ1v) is 10.3. The Morgan fingerprint density at radius 1 is 1.14 bits per heavy atom. The van der Waals surface area contributed by atoms with E-state index in [0.29, 0.717) is 20.7 Å². The van der Waals surface area contributed by atoms with Crippen molar-refractivity contribution in [1.29, 1.82) is 0 Å². The number of aromatic carboxylic acids is 1. The van der Waals surface area contributed by atoms with Gasteiger partial charge < -0.3 is 14.4 Å². The Labute approximate surface area is 177 Å². The molecular weight excluding hydrogens is 410 g/mol. The molecule has 150 valence electrons. The van der Waals surface area contributed by atoms with Crippen LogP contribution in [0.2, 0.25) is 0 Å². The molecule has 2 fully saturated rings. The molecule has 0 saturated carbocycles. The molecule has 4 rings (SSSR count). The van der Waals surface area contributed by atoms with Crippen LogP contribution in [0, 0.1) is 0 Å². The zero-order valence-corrected chi connectivity index (χ0v) is 17.3. The molecule has 3 heterocycles. The average Bonchev–Trinajstić information content (AvgIpc) is 3.28. The molecule has 1 N–H and O–H groups in total. The van der Waals surface area contributed by atoms with E-state index in [2.05, 4.69) is 11.9 Å². The van der Waals surface area contributed by atoms with Crippen molar-refractivity contribution in [2.24, 2.45) is 0 Å². The molecule has 0 aliphatic carbocycles. The number of likely N-dealkylation sites (N-methyl/N-ethyl adjacent to an activating group) is 1. The standard InChI is InChI=1S/C20H19N3O4S2/c1-21-8-10-22(11-9-21)23-18(24)17(29-20(23)28)12-15-6-7-16(27-15)13-2-4-14(5-3-13)19(25)26/h2-7,12H,8-11H2,1H3,(H,25,26)/b17-12-. The van der Waals surface area contributed by atoms with Crippen molar-refractivity contribution in [3.05, 3.63) is 52.6 Å². The van der Waals surface area contributed by atoms with Gasteiger partial charge in [-0.3, -0.25) is 4.79 Å². The van der Waals surface area contributed by atoms with E-state index in [9.17, 15) is 9.59 Å². The van der Waals surface area contributed by atoms with Crippen LogP contribution >= 0.6 is 24.0 Å². The molecule has 0 bridgehead atoms. The molecule has 7 nitrogen and oxygen atoms in total. The zero-order chi connectivity index (χ0) is 20.5. The van der Waals surface area contributed by atoms with E-state index in [1.165, 1.54) is 23.9 Å². The lowest BCUT2D eigenvalue weighted by molar-refractivity contribution is -0.135. The van der Waals surface area contributed by atoms with Gasteiger partial charge in [0.15, 0.2) is 4.32 Å². The Balaban J connectivity index is 1.51. The molecule has 0 spiro atoms. The van der Waals surface area contributed by atoms with E-state index < -0.39 is 5.97 Å². The van der Waals surface area contributed by atoms with Gasteiger partial charge in [0, 0.05) is 37.8 Å². The minimum absolute atomic E-state index is 0.131. The largest absolute Gasteiger partial charge is 0.478 e. The first-order valence-electron chi connectivity index (χ1n) is 9.07. The summed E-state index contributed by atoms with van der Waals surface area (Å²) in [6.07, 6.45) is 1.70. The number of carbonyl (C=O) groups excluding carboxylic acids is 1. The van der Waals surface area contributed by atoms with E-state index in [4.69, 9.17) is 21.7 Å². The number of carboxylic acids is 1. The van der Waals surface area contributed by atoms with Gasteiger partial charge in [-0.2, -0.15) is 0 Å². The van der Waals surface area contributed by atoms with E-state index >= 15 is 0 Å². The maximum Gasteiger partial charge on any atom is 0.335 e. The van der Waals surface area contributed by atoms with Crippen LogP contribution in [0.15, 0.2) is 45.7 Å². The van der Waals surface area contributed by atoms with Gasteiger partial charge in [-0.15, -0.1) is 0 Å². The molecular formula is C20H19N3O4S2. The second-order valence-electron chi connectivity index (χ2n) is 6.83. The number of carbonyl (C=O) groups is 2. The minimum atomic E-state index is -0.973. The first kappa shape index (κ1) is 19.8. The van der Waals surface area contributed by atoms with Crippen molar-refractivity contribution >= 4 is 46.3 Å². The second-order valence-corrected chi connectivity index (χ2v) is 8.51. The summed E-state index contributed by atoms with van der Waals surface area (Å²) in [5, 5.41) is 12.6. The molecule has 1 aromatic heterocycles. The summed E-state index contributed by atoms with van der Waals surface area (Å²) < 4.78 is 6.37. The zero-order valence-electron chi connectivity index (χ0n) is 15.7. The maximum atomic E-state index is 12.9. The quantitative estimate of drug-likeness (QED) is 0.587. The molecule has 0 radical (unpaired) electrons. The molecule has 1 amide bonds. The number of rotatable bonds is 4. The molecule has 2 saturated heterocycles. The summed E-state index contributed by atoms with van der Waals surface area (Å²) in [4.78, 5) is 26.6. The summed E-state index contributed by atoms with van der Waals surface area (Å²) in [5.74, 6) is 0.0382. The average molecular weight is 430 g/mol. The summed E-state index contributed by atoms with van der Waals surface area (Å²) >= 11 is 6.70. The Hall–Kier alpha value is -2.46. The van der Waals surface area contributed by atoms with Crippen LogP contribution in [0.4, 0.5) is 0 Å². The molecule has 9 heteroatoms. The fourth-order valence-corrected chi connectivity index (χ4v) is 4.48. The SMILES string of the molecule is CN1CCN(N2C(=O)/C(=C/c3ccc(-c4ccc(C(=O)O)cc4)o3)SC2=S)CC1. The fraction of sp³-hybridized carbons (Fsp3) is 0.250. The van der Waals surface area contributed by atoms with Crippen LogP contribution in [-0.2, 0) is 4.79 Å². The number of thioether (sulfide) groups is 1. The van der Waals surface area contributed by atoms with Crippen LogP contribution in [0.5, 0.6) is 0 Å². The van der Waals surface area contributed by atoms with Crippen LogP contribution in [0.25, 0.3) is 17.4 Å². The highest BCUT2D eigenvalue weighted by molar-refractivity contribution is 8.26. The van der Waals surface area contributed by atoms with Crippen LogP contribution in [0.3, 0.4) is 0 Å². The van der Waals surface area contributed by atoms with Crippen molar-refractivity contribution in [1.82, 2.24) is 14.9 Å². The van der Waals surface area contributed by atoms with E-state index in [0.717, 1.165) is 31.7 Å². The van der Waals surface area contributed by atoms with Crippen LogP contribution < -0.4 is 0 Å². The molecule has 0 atom stereocenters. The van der Waals surface area contributed by atoms with Crippen molar-refractivity contribution in [3.63, 3.8) is 0 Å². The predicted molar refractivity (Wildman–Crippen MR) is 115 cm³/mol. The maximum absolute atomic E-state index is 12.9. The summed E-state index contributed by atoms with van der Waals surface area (Å²) in [5.41, 5.74) is 0.979. The summed E-state index contributed by atoms with van der Waals surface area (Å²) in [6, 6.07) is 10.0. The third-order valence-corrected chi connectivity index (χ3v) is 6.14. The van der Waals surface area contributed by atoms with Gasteiger partial charge in [-0.1, -0.05) is 36.1 Å². The van der Waals surface area contributed by atoms with E-state index in [1.54, 1.807) is 35.4 Å². The van der Waals surface area contributed by atoms with Crippen LogP contribution in [-0.4, -0.2) is 69.4 Å². The van der Waals surface area contributed by atoms with Crippen molar-refractivity contribution in [2.45, 2.75) is 0 Å². The normalized spacial score (nSPS) is 20.0. The van der Waals surface area contributed by atoms with Crippen molar-refractivity contribution in [3.8, 4) is 11.3 Å². The molecule has 0 unspecified atom stereocenters. The van der Waals surface area contributed by atoms with Gasteiger partial charge in [0.25, 0.3) is 5.91 Å². The van der Waals surface area contributed by atoms with E-state index in [-0.39, 0.29) is 11.5 Å². The summed E-state index contributed by atoms with van der Waals surface area (Å²) in [7, 11) is 2.06. The number of thiocarbonyl (C=S) groups is 1. The number of hydrogen-bond acceptors (Lipinski definition) is 7. The fourth-order valence-electron chi connectivity index (χ4n) is 3.19. The highest BCUT2D eigenvalue weighted by atomic mass is 32.2. The van der Waals surface area contributed by atoms with Gasteiger partial charge >= 0.3 is 5.97 Å². The Bertz CT molecular complexity index is 991. The monoisotopic (exact) mass is 429 g/mol. The number of piperazine rings is 1. The minimum Gasteiger partial charge on any atom is -0.478 e. The van der Waals surface area contributed by atoms with Crippen LogP contribution in [0.1, 0.15) is 16.1 Å². The lowest BCUT2D eigenvalue weighted by Crippen LogP contribution is -2.54. The molecule has 29 heavy (non-hydrogen) atoms. The molecule has 1 aromatic carbocycles. The lowest BCUT2D eigenvalue weighted by atomic mass is 10.1. The van der Waals surface area contributed by atoms with Gasteiger partial charge in [-0.25, -0.2) is 14.8 Å². The highest BCUT2D eigenvalue weighted by Crippen LogP contribution is 2.34. The third kappa shape index (κ3) is 4.13. The summed E-state index contributed by atoms with van der Waals surface area (Å²) in [6.45, 7) is 3.29. The number of amides is 1. The van der Waals surface area contributed by atoms with Gasteiger partial charge in [0.05, 0.1) is 10.5 Å². The van der Waals surface area contributed by atoms with Gasteiger partial charge in [-0.05, 0) is 31.3 Å². The first-order chi connectivity index (χ1) is 13.9. The van der Waals surface area contributed by atoms with Crippen molar-refractivity contribution < 1.29 is 19.1 Å². The Morgan fingerprint density at radius 2 is 1.83 bits per heavy atom. The molecule has 2 aromatic rings. The number of hydrazine groups is 1. The second kappa shape index (κ2) is 8.11. The topological polar surface area (TPSA) is 77.2 Å². The number of benzene rings is 1. The Kier molecular flexibility index (Phi) is 5.55. The lowest BCUT2D eigenvalue weighted by Gasteiger charge is -2.37. The number of nitrogens with zero attached hydrogens (tertiary/aromatic N) is 3. The Morgan fingerprint density at radius 3 is 2.48 bits per heavy atom. The third-order valence-electron chi connectivity index (χ3n) is 4.85. The van der Waals surface area contributed by atoms with Gasteiger partial charge in [0.2, 0.25) is 0 Å². The van der Waals surface area contributed by atoms with Gasteiger partial charge in [0.1, 0.15) is 11.5 Å². The number of hydrogen-bond donors (Lipinski definition) is 1. The molecule has 2 aliphatic rings. The predicted octanol–water partition coefficient (Wildman–Crippen LogP) is 3.01. The van der Waals surface area contributed by atoms with Crippen molar-refractivity contribution in [2.75, 3.05) is 33.2 Å². The smallest absolute Gasteiger partial charge is 0.335 e. The number of furan rings is 1. The number of carboxylic acid groups (broad SMARTS) is 1. The molecule has 2 aliphatic heterocycles.